The van der Waals surface area contributed by atoms with Crippen molar-refractivity contribution in [2.24, 2.45) is 0 Å². The highest BCUT2D eigenvalue weighted by Crippen LogP contribution is 2.33. The van der Waals surface area contributed by atoms with Gasteiger partial charge in [-0.3, -0.25) is 4.79 Å². The summed E-state index contributed by atoms with van der Waals surface area (Å²) in [4.78, 5) is 16.6. The second kappa shape index (κ2) is 9.20. The van der Waals surface area contributed by atoms with Crippen molar-refractivity contribution in [2.75, 3.05) is 13.7 Å². The van der Waals surface area contributed by atoms with Gasteiger partial charge in [0.15, 0.2) is 5.82 Å². The number of hydrogen-bond acceptors (Lipinski definition) is 6. The van der Waals surface area contributed by atoms with Gasteiger partial charge in [-0.05, 0) is 55.7 Å². The van der Waals surface area contributed by atoms with Gasteiger partial charge >= 0.3 is 0 Å². The zero-order chi connectivity index (χ0) is 21.7. The summed E-state index contributed by atoms with van der Waals surface area (Å²) in [5.41, 5.74) is 3.13. The molecule has 154 valence electrons. The Morgan fingerprint density at radius 1 is 1.30 bits per heavy atom. The molecule has 2 N–H and O–H groups in total. The number of nitriles is 1. The number of amides is 1. The standard InChI is InChI=1S/C22H23N5O3/c1-14-10-16(11-23)4-6-18(14)19-13-25-27(22(19)29)20-7-5-17(12-24-20)21(28)26-15(2)8-9-30-3/h4-7,10,12-13,15,29H,8-9H2,1-3H3,(H,26,28). The van der Waals surface area contributed by atoms with Crippen LogP contribution < -0.4 is 5.32 Å². The van der Waals surface area contributed by atoms with Gasteiger partial charge in [0.05, 0.1) is 29.0 Å². The molecule has 0 bridgehead atoms. The van der Waals surface area contributed by atoms with Crippen LogP contribution in [0.2, 0.25) is 0 Å². The van der Waals surface area contributed by atoms with Crippen LogP contribution >= 0.6 is 0 Å². The van der Waals surface area contributed by atoms with Gasteiger partial charge in [-0.1, -0.05) is 6.07 Å². The molecule has 1 aromatic carbocycles. The molecule has 1 atom stereocenters. The van der Waals surface area contributed by atoms with Crippen molar-refractivity contribution in [3.05, 3.63) is 59.4 Å². The monoisotopic (exact) mass is 405 g/mol. The molecule has 8 nitrogen and oxygen atoms in total. The van der Waals surface area contributed by atoms with E-state index in [-0.39, 0.29) is 17.8 Å². The Hall–Kier alpha value is -3.70. The van der Waals surface area contributed by atoms with Crippen LogP contribution in [-0.4, -0.2) is 45.5 Å². The molecule has 3 rings (SSSR count). The van der Waals surface area contributed by atoms with Crippen molar-refractivity contribution in [1.82, 2.24) is 20.1 Å². The highest BCUT2D eigenvalue weighted by atomic mass is 16.5. The molecule has 2 aromatic heterocycles. The molecule has 8 heteroatoms. The van der Waals surface area contributed by atoms with Gasteiger partial charge in [-0.2, -0.15) is 15.0 Å². The number of aromatic hydroxyl groups is 1. The summed E-state index contributed by atoms with van der Waals surface area (Å²) in [5, 5.41) is 26.8. The number of carbonyl (C=O) groups is 1. The number of rotatable bonds is 7. The lowest BCUT2D eigenvalue weighted by Crippen LogP contribution is -2.33. The van der Waals surface area contributed by atoms with Crippen LogP contribution in [0.3, 0.4) is 0 Å². The molecule has 0 aliphatic carbocycles. The summed E-state index contributed by atoms with van der Waals surface area (Å²) in [5.74, 6) is 0.0889. The number of nitrogens with one attached hydrogen (secondary N) is 1. The van der Waals surface area contributed by atoms with Gasteiger partial charge in [-0.25, -0.2) is 4.98 Å². The van der Waals surface area contributed by atoms with Crippen LogP contribution in [0.25, 0.3) is 16.9 Å². The summed E-state index contributed by atoms with van der Waals surface area (Å²) in [7, 11) is 1.62. The largest absolute Gasteiger partial charge is 0.493 e. The molecule has 3 aromatic rings. The lowest BCUT2D eigenvalue weighted by molar-refractivity contribution is 0.0929. The minimum absolute atomic E-state index is 0.0227. The highest BCUT2D eigenvalue weighted by Gasteiger charge is 2.16. The third-order valence-electron chi connectivity index (χ3n) is 4.75. The number of ether oxygens (including phenoxy) is 1. The Kier molecular flexibility index (Phi) is 6.45. The van der Waals surface area contributed by atoms with Gasteiger partial charge < -0.3 is 15.2 Å². The van der Waals surface area contributed by atoms with Crippen molar-refractivity contribution in [2.45, 2.75) is 26.3 Å². The summed E-state index contributed by atoms with van der Waals surface area (Å²) >= 11 is 0. The van der Waals surface area contributed by atoms with Crippen molar-refractivity contribution in [3.63, 3.8) is 0 Å². The topological polar surface area (TPSA) is 113 Å². The van der Waals surface area contributed by atoms with E-state index >= 15 is 0 Å². The molecular formula is C22H23N5O3. The van der Waals surface area contributed by atoms with E-state index in [1.54, 1.807) is 43.6 Å². The van der Waals surface area contributed by atoms with E-state index in [9.17, 15) is 9.90 Å². The number of carbonyl (C=O) groups excluding carboxylic acids is 1. The minimum atomic E-state index is -0.226. The number of aromatic nitrogens is 3. The first kappa shape index (κ1) is 21.0. The maximum Gasteiger partial charge on any atom is 0.253 e. The average Bonchev–Trinajstić information content (AvgIpc) is 3.13. The first-order chi connectivity index (χ1) is 14.4. The molecule has 2 heterocycles. The number of benzene rings is 1. The molecule has 0 fully saturated rings. The van der Waals surface area contributed by atoms with E-state index in [1.807, 2.05) is 13.8 Å². The van der Waals surface area contributed by atoms with Crippen LogP contribution in [0.1, 0.15) is 34.8 Å². The second-order valence-electron chi connectivity index (χ2n) is 7.00. The molecule has 1 amide bonds. The zero-order valence-corrected chi connectivity index (χ0v) is 17.1. The Balaban J connectivity index is 1.79. The van der Waals surface area contributed by atoms with Crippen LogP contribution in [0.15, 0.2) is 42.7 Å². The summed E-state index contributed by atoms with van der Waals surface area (Å²) < 4.78 is 6.32. The highest BCUT2D eigenvalue weighted by molar-refractivity contribution is 5.94. The third kappa shape index (κ3) is 4.47. The Labute approximate surface area is 174 Å². The van der Waals surface area contributed by atoms with Crippen LogP contribution in [0, 0.1) is 18.3 Å². The number of aryl methyl sites for hydroxylation is 1. The van der Waals surface area contributed by atoms with Crippen molar-refractivity contribution < 1.29 is 14.6 Å². The van der Waals surface area contributed by atoms with E-state index in [0.717, 1.165) is 11.1 Å². The van der Waals surface area contributed by atoms with Crippen LogP contribution in [-0.2, 0) is 4.74 Å². The van der Waals surface area contributed by atoms with E-state index in [0.29, 0.717) is 35.5 Å². The molecule has 0 saturated carbocycles. The summed E-state index contributed by atoms with van der Waals surface area (Å²) in [6.07, 6.45) is 3.71. The first-order valence-electron chi connectivity index (χ1n) is 9.49. The Bertz CT molecular complexity index is 1080. The van der Waals surface area contributed by atoms with Crippen LogP contribution in [0.4, 0.5) is 0 Å². The van der Waals surface area contributed by atoms with Gasteiger partial charge in [0.2, 0.25) is 5.88 Å². The smallest absolute Gasteiger partial charge is 0.253 e. The first-order valence-corrected chi connectivity index (χ1v) is 9.49. The Morgan fingerprint density at radius 3 is 2.73 bits per heavy atom. The van der Waals surface area contributed by atoms with Crippen molar-refractivity contribution >= 4 is 5.91 Å². The molecule has 1 unspecified atom stereocenters. The maximum atomic E-state index is 12.3. The number of hydrogen-bond donors (Lipinski definition) is 2. The fourth-order valence-corrected chi connectivity index (χ4v) is 3.05. The number of nitrogens with zero attached hydrogens (tertiary/aromatic N) is 4. The lowest BCUT2D eigenvalue weighted by atomic mass is 10.0. The summed E-state index contributed by atoms with van der Waals surface area (Å²) in [6.45, 7) is 4.34. The third-order valence-corrected chi connectivity index (χ3v) is 4.75. The fourth-order valence-electron chi connectivity index (χ4n) is 3.05. The van der Waals surface area contributed by atoms with Crippen molar-refractivity contribution in [1.29, 1.82) is 5.26 Å². The van der Waals surface area contributed by atoms with E-state index < -0.39 is 0 Å². The second-order valence-corrected chi connectivity index (χ2v) is 7.00. The molecular weight excluding hydrogens is 382 g/mol. The normalized spacial score (nSPS) is 11.7. The zero-order valence-electron chi connectivity index (χ0n) is 17.1. The van der Waals surface area contributed by atoms with Gasteiger partial charge in [0.1, 0.15) is 0 Å². The minimum Gasteiger partial charge on any atom is -0.493 e. The molecule has 30 heavy (non-hydrogen) atoms. The molecule has 0 aliphatic rings. The van der Waals surface area contributed by atoms with E-state index in [2.05, 4.69) is 21.5 Å². The average molecular weight is 405 g/mol. The number of methoxy groups -OCH3 is 1. The number of pyridine rings is 1. The predicted octanol–water partition coefficient (Wildman–Crippen LogP) is 2.97. The maximum absolute atomic E-state index is 12.3. The Morgan fingerprint density at radius 2 is 2.10 bits per heavy atom. The quantitative estimate of drug-likeness (QED) is 0.625. The van der Waals surface area contributed by atoms with E-state index in [1.165, 1.54) is 10.9 Å². The summed E-state index contributed by atoms with van der Waals surface area (Å²) in [6, 6.07) is 10.6. The molecule has 0 saturated heterocycles. The molecule has 0 aliphatic heterocycles. The molecule has 0 radical (unpaired) electrons. The van der Waals surface area contributed by atoms with Crippen LogP contribution in [0.5, 0.6) is 5.88 Å². The lowest BCUT2D eigenvalue weighted by Gasteiger charge is -2.13. The predicted molar refractivity (Wildman–Crippen MR) is 111 cm³/mol. The SMILES string of the molecule is COCCC(C)NC(=O)c1ccc(-n2ncc(-c3ccc(C#N)cc3C)c2O)nc1. The fraction of sp³-hybridized carbons (Fsp3) is 0.273. The van der Waals surface area contributed by atoms with Gasteiger partial charge in [0, 0.05) is 26.0 Å². The van der Waals surface area contributed by atoms with Crippen molar-refractivity contribution in [3.8, 4) is 28.9 Å². The van der Waals surface area contributed by atoms with E-state index in [4.69, 9.17) is 10.00 Å². The van der Waals surface area contributed by atoms with Gasteiger partial charge in [-0.15, -0.1) is 0 Å². The van der Waals surface area contributed by atoms with Gasteiger partial charge in [0.25, 0.3) is 5.91 Å². The molecule has 0 spiro atoms.